The van der Waals surface area contributed by atoms with Crippen LogP contribution < -0.4 is 10.6 Å². The Balaban J connectivity index is 1.52. The highest BCUT2D eigenvalue weighted by Gasteiger charge is 2.43. The van der Waals surface area contributed by atoms with E-state index in [4.69, 9.17) is 0 Å². The van der Waals surface area contributed by atoms with E-state index >= 15 is 0 Å². The summed E-state index contributed by atoms with van der Waals surface area (Å²) in [7, 11) is 0. The molecule has 1 aliphatic carbocycles. The predicted octanol–water partition coefficient (Wildman–Crippen LogP) is 1.92. The van der Waals surface area contributed by atoms with Gasteiger partial charge in [-0.05, 0) is 38.4 Å². The average molecular weight is 268 g/mol. The van der Waals surface area contributed by atoms with Crippen molar-refractivity contribution in [3.63, 3.8) is 0 Å². The molecule has 0 spiro atoms. The summed E-state index contributed by atoms with van der Waals surface area (Å²) < 4.78 is 0.334. The molecule has 4 heteroatoms. The van der Waals surface area contributed by atoms with Gasteiger partial charge in [0.2, 0.25) is 5.91 Å². The summed E-state index contributed by atoms with van der Waals surface area (Å²) in [6.45, 7) is 0.876. The third kappa shape index (κ3) is 2.29. The van der Waals surface area contributed by atoms with Crippen molar-refractivity contribution in [2.75, 3.05) is 12.8 Å². The number of thioether (sulfide) groups is 1. The molecule has 2 heterocycles. The van der Waals surface area contributed by atoms with Gasteiger partial charge in [0.1, 0.15) is 0 Å². The Morgan fingerprint density at radius 2 is 2.17 bits per heavy atom. The smallest absolute Gasteiger partial charge is 0.224 e. The molecule has 1 saturated carbocycles. The van der Waals surface area contributed by atoms with E-state index in [9.17, 15) is 4.79 Å². The van der Waals surface area contributed by atoms with Crippen molar-refractivity contribution in [3.05, 3.63) is 0 Å². The van der Waals surface area contributed by atoms with Crippen molar-refractivity contribution in [2.45, 2.75) is 61.8 Å². The minimum Gasteiger partial charge on any atom is -0.354 e. The maximum absolute atomic E-state index is 12.3. The van der Waals surface area contributed by atoms with Gasteiger partial charge in [0, 0.05) is 23.4 Å². The van der Waals surface area contributed by atoms with Gasteiger partial charge >= 0.3 is 0 Å². The summed E-state index contributed by atoms with van der Waals surface area (Å²) >= 11 is 1.95. The standard InChI is InChI=1S/C14H24N2OS/c1-18-14(6-2-3-7-14)9-15-13(17)11-8-10-4-5-12(11)16-10/h10-12,16H,2-9H2,1H3,(H,15,17). The summed E-state index contributed by atoms with van der Waals surface area (Å²) in [4.78, 5) is 12.3. The van der Waals surface area contributed by atoms with E-state index in [0.29, 0.717) is 22.7 Å². The van der Waals surface area contributed by atoms with Gasteiger partial charge < -0.3 is 10.6 Å². The number of amides is 1. The normalized spacial score (nSPS) is 37.1. The van der Waals surface area contributed by atoms with Crippen LogP contribution in [0.25, 0.3) is 0 Å². The van der Waals surface area contributed by atoms with Crippen LogP contribution in [0.2, 0.25) is 0 Å². The van der Waals surface area contributed by atoms with Gasteiger partial charge in [-0.25, -0.2) is 0 Å². The maximum atomic E-state index is 12.3. The summed E-state index contributed by atoms with van der Waals surface area (Å²) in [5, 5.41) is 6.79. The van der Waals surface area contributed by atoms with Gasteiger partial charge in [0.25, 0.3) is 0 Å². The van der Waals surface area contributed by atoms with Gasteiger partial charge in [-0.1, -0.05) is 12.8 Å². The minimum atomic E-state index is 0.240. The molecule has 3 aliphatic rings. The van der Waals surface area contributed by atoms with Gasteiger partial charge in [-0.15, -0.1) is 0 Å². The number of hydrogen-bond acceptors (Lipinski definition) is 3. The second kappa shape index (κ2) is 5.04. The summed E-state index contributed by atoms with van der Waals surface area (Å²) in [5.41, 5.74) is 0. The Kier molecular flexibility index (Phi) is 3.59. The Morgan fingerprint density at radius 3 is 2.72 bits per heavy atom. The molecule has 3 rings (SSSR count). The lowest BCUT2D eigenvalue weighted by molar-refractivity contribution is -0.125. The first-order chi connectivity index (χ1) is 8.72. The van der Waals surface area contributed by atoms with Crippen LogP contribution in [0.5, 0.6) is 0 Å². The molecule has 2 saturated heterocycles. The van der Waals surface area contributed by atoms with Crippen LogP contribution in [-0.2, 0) is 4.79 Å². The lowest BCUT2D eigenvalue weighted by Crippen LogP contribution is -2.43. The second-order valence-electron chi connectivity index (χ2n) is 6.20. The highest BCUT2D eigenvalue weighted by atomic mass is 32.2. The first-order valence-corrected chi connectivity index (χ1v) is 8.54. The summed E-state index contributed by atoms with van der Waals surface area (Å²) in [5.74, 6) is 0.541. The van der Waals surface area contributed by atoms with Crippen molar-refractivity contribution in [1.29, 1.82) is 0 Å². The Hall–Kier alpha value is -0.220. The summed E-state index contributed by atoms with van der Waals surface area (Å²) in [6.07, 6.45) is 10.9. The van der Waals surface area contributed by atoms with E-state index in [-0.39, 0.29) is 5.92 Å². The molecule has 3 fully saturated rings. The predicted molar refractivity (Wildman–Crippen MR) is 75.8 cm³/mol. The Morgan fingerprint density at radius 1 is 1.39 bits per heavy atom. The molecule has 2 aliphatic heterocycles. The lowest BCUT2D eigenvalue weighted by Gasteiger charge is -2.28. The molecule has 1 amide bonds. The zero-order valence-electron chi connectivity index (χ0n) is 11.2. The number of nitrogens with one attached hydrogen (secondary N) is 2. The van der Waals surface area contributed by atoms with Crippen molar-refractivity contribution < 1.29 is 4.79 Å². The largest absolute Gasteiger partial charge is 0.354 e. The number of hydrogen-bond donors (Lipinski definition) is 2. The average Bonchev–Trinajstić information content (AvgIpc) is 3.12. The van der Waals surface area contributed by atoms with Crippen molar-refractivity contribution >= 4 is 17.7 Å². The van der Waals surface area contributed by atoms with Crippen LogP contribution in [0.3, 0.4) is 0 Å². The van der Waals surface area contributed by atoms with Gasteiger partial charge in [0.15, 0.2) is 0 Å². The Labute approximate surface area is 114 Å². The molecule has 3 atom stereocenters. The lowest BCUT2D eigenvalue weighted by atomic mass is 9.88. The molecule has 3 unspecified atom stereocenters. The van der Waals surface area contributed by atoms with E-state index in [1.807, 2.05) is 11.8 Å². The molecule has 2 N–H and O–H groups in total. The van der Waals surface area contributed by atoms with Crippen LogP contribution in [0, 0.1) is 5.92 Å². The van der Waals surface area contributed by atoms with Gasteiger partial charge in [-0.2, -0.15) is 11.8 Å². The van der Waals surface area contributed by atoms with E-state index in [2.05, 4.69) is 16.9 Å². The topological polar surface area (TPSA) is 41.1 Å². The van der Waals surface area contributed by atoms with E-state index in [0.717, 1.165) is 13.0 Å². The van der Waals surface area contributed by atoms with Gasteiger partial charge in [-0.3, -0.25) is 4.79 Å². The van der Waals surface area contributed by atoms with E-state index in [1.54, 1.807) is 0 Å². The number of rotatable bonds is 4. The van der Waals surface area contributed by atoms with E-state index in [1.165, 1.54) is 38.5 Å². The second-order valence-corrected chi connectivity index (χ2v) is 7.48. The molecule has 0 radical (unpaired) electrons. The number of fused-ring (bicyclic) bond motifs is 2. The molecule has 18 heavy (non-hydrogen) atoms. The maximum Gasteiger partial charge on any atom is 0.224 e. The van der Waals surface area contributed by atoms with Crippen LogP contribution in [-0.4, -0.2) is 35.5 Å². The molecule has 2 bridgehead atoms. The fraction of sp³-hybridized carbons (Fsp3) is 0.929. The van der Waals surface area contributed by atoms with Crippen LogP contribution in [0.1, 0.15) is 44.9 Å². The zero-order valence-corrected chi connectivity index (χ0v) is 12.0. The highest BCUT2D eigenvalue weighted by Crippen LogP contribution is 2.40. The van der Waals surface area contributed by atoms with Gasteiger partial charge in [0.05, 0.1) is 5.92 Å². The quantitative estimate of drug-likeness (QED) is 0.818. The molecular formula is C14H24N2OS. The zero-order chi connectivity index (χ0) is 12.6. The van der Waals surface area contributed by atoms with Crippen LogP contribution in [0.15, 0.2) is 0 Å². The monoisotopic (exact) mass is 268 g/mol. The molecular weight excluding hydrogens is 244 g/mol. The van der Waals surface area contributed by atoms with Crippen LogP contribution >= 0.6 is 11.8 Å². The molecule has 102 valence electrons. The van der Waals surface area contributed by atoms with Crippen molar-refractivity contribution in [2.24, 2.45) is 5.92 Å². The first kappa shape index (κ1) is 12.8. The van der Waals surface area contributed by atoms with Crippen LogP contribution in [0.4, 0.5) is 0 Å². The SMILES string of the molecule is CSC1(CNC(=O)C2CC3CCC2N3)CCCC1. The summed E-state index contributed by atoms with van der Waals surface area (Å²) in [6, 6.07) is 1.08. The fourth-order valence-electron chi connectivity index (χ4n) is 3.97. The minimum absolute atomic E-state index is 0.240. The molecule has 0 aromatic carbocycles. The number of carbonyl (C=O) groups is 1. The molecule has 3 nitrogen and oxygen atoms in total. The molecule has 0 aromatic rings. The van der Waals surface area contributed by atoms with Crippen molar-refractivity contribution in [3.8, 4) is 0 Å². The van der Waals surface area contributed by atoms with E-state index < -0.39 is 0 Å². The fourth-order valence-corrected chi connectivity index (χ4v) is 4.88. The van der Waals surface area contributed by atoms with Crippen molar-refractivity contribution in [1.82, 2.24) is 10.6 Å². The molecule has 0 aromatic heterocycles. The first-order valence-electron chi connectivity index (χ1n) is 7.31. The highest BCUT2D eigenvalue weighted by molar-refractivity contribution is 8.00. The third-order valence-corrected chi connectivity index (χ3v) is 6.59. The third-order valence-electron chi connectivity index (χ3n) is 5.17. The number of carbonyl (C=O) groups excluding carboxylic acids is 1. The Bertz CT molecular complexity index is 328.